The zero-order valence-corrected chi connectivity index (χ0v) is 9.74. The van der Waals surface area contributed by atoms with Crippen LogP contribution in [0.2, 0.25) is 0 Å². The fourth-order valence-electron chi connectivity index (χ4n) is 2.93. The lowest BCUT2D eigenvalue weighted by atomic mass is 9.84. The van der Waals surface area contributed by atoms with Crippen LogP contribution in [-0.4, -0.2) is 58.6 Å². The van der Waals surface area contributed by atoms with Crippen molar-refractivity contribution in [3.05, 3.63) is 11.1 Å². The van der Waals surface area contributed by atoms with Gasteiger partial charge in [-0.05, 0) is 17.6 Å². The lowest BCUT2D eigenvalue weighted by molar-refractivity contribution is -0.00843. The van der Waals surface area contributed by atoms with Crippen LogP contribution >= 0.6 is 0 Å². The van der Waals surface area contributed by atoms with Crippen LogP contribution in [0.4, 0.5) is 0 Å². The van der Waals surface area contributed by atoms with Crippen molar-refractivity contribution in [3.63, 3.8) is 0 Å². The Morgan fingerprint density at radius 2 is 2.00 bits per heavy atom. The normalized spacial score (nSPS) is 45.5. The molecule has 17 heavy (non-hydrogen) atoms. The van der Waals surface area contributed by atoms with Crippen molar-refractivity contribution in [3.8, 4) is 0 Å². The largest absolute Gasteiger partial charge is 0.390 e. The van der Waals surface area contributed by atoms with Gasteiger partial charge in [0.15, 0.2) is 0 Å². The van der Waals surface area contributed by atoms with Crippen LogP contribution < -0.4 is 0 Å². The number of epoxide rings is 1. The molecule has 2 heterocycles. The third kappa shape index (κ3) is 1.65. The third-order valence-corrected chi connectivity index (χ3v) is 3.89. The average molecular weight is 242 g/mol. The molecule has 5 nitrogen and oxygen atoms in total. The highest BCUT2D eigenvalue weighted by molar-refractivity contribution is 5.39. The Bertz CT molecular complexity index is 353. The van der Waals surface area contributed by atoms with Crippen molar-refractivity contribution in [2.24, 2.45) is 0 Å². The first-order chi connectivity index (χ1) is 8.15. The minimum absolute atomic E-state index is 0.283. The minimum Gasteiger partial charge on any atom is -0.390 e. The molecule has 0 aromatic heterocycles. The van der Waals surface area contributed by atoms with Crippen molar-refractivity contribution < 1.29 is 24.8 Å². The van der Waals surface area contributed by atoms with Crippen molar-refractivity contribution in [2.45, 2.75) is 56.4 Å². The topological polar surface area (TPSA) is 82.5 Å². The quantitative estimate of drug-likeness (QED) is 0.452. The van der Waals surface area contributed by atoms with Gasteiger partial charge in [0.05, 0.1) is 12.7 Å². The SMILES string of the molecule is CCC[C@H](O)[C@@H]1OCC2=C1[C@H](O)[C@@H]1O[C@@H]1[C@H]2O. The fraction of sp³-hybridized carbons (Fsp3) is 0.833. The lowest BCUT2D eigenvalue weighted by Crippen LogP contribution is -2.39. The van der Waals surface area contributed by atoms with E-state index in [0.717, 1.165) is 6.42 Å². The molecule has 0 aromatic rings. The van der Waals surface area contributed by atoms with Crippen molar-refractivity contribution in [1.82, 2.24) is 0 Å². The summed E-state index contributed by atoms with van der Waals surface area (Å²) in [6, 6.07) is 0. The van der Waals surface area contributed by atoms with E-state index in [2.05, 4.69) is 0 Å². The number of hydrogen-bond donors (Lipinski definition) is 3. The van der Waals surface area contributed by atoms with Gasteiger partial charge in [-0.15, -0.1) is 0 Å². The summed E-state index contributed by atoms with van der Waals surface area (Å²) in [6.07, 6.45) is -1.65. The number of fused-ring (bicyclic) bond motifs is 1. The molecule has 6 atom stereocenters. The van der Waals surface area contributed by atoms with E-state index in [1.807, 2.05) is 6.92 Å². The Balaban J connectivity index is 1.85. The monoisotopic (exact) mass is 242 g/mol. The molecule has 3 rings (SSSR count). The first-order valence-corrected chi connectivity index (χ1v) is 6.19. The van der Waals surface area contributed by atoms with Crippen LogP contribution in [0.1, 0.15) is 19.8 Å². The second-order valence-electron chi connectivity index (χ2n) is 5.02. The van der Waals surface area contributed by atoms with E-state index in [0.29, 0.717) is 17.6 Å². The van der Waals surface area contributed by atoms with Gasteiger partial charge in [0.2, 0.25) is 0 Å². The smallest absolute Gasteiger partial charge is 0.117 e. The van der Waals surface area contributed by atoms with E-state index in [1.165, 1.54) is 0 Å². The van der Waals surface area contributed by atoms with Gasteiger partial charge in [-0.2, -0.15) is 0 Å². The average Bonchev–Trinajstić information content (AvgIpc) is 2.98. The Morgan fingerprint density at radius 3 is 2.71 bits per heavy atom. The molecule has 96 valence electrons. The second kappa shape index (κ2) is 4.03. The van der Waals surface area contributed by atoms with E-state index in [1.54, 1.807) is 0 Å². The summed E-state index contributed by atoms with van der Waals surface area (Å²) in [7, 11) is 0. The molecule has 5 heteroatoms. The number of aliphatic hydroxyl groups excluding tert-OH is 3. The molecule has 1 fully saturated rings. The molecule has 0 saturated carbocycles. The second-order valence-corrected chi connectivity index (χ2v) is 5.02. The molecule has 3 aliphatic rings. The van der Waals surface area contributed by atoms with Gasteiger partial charge < -0.3 is 24.8 Å². The molecule has 1 saturated heterocycles. The molecule has 0 spiro atoms. The van der Waals surface area contributed by atoms with E-state index in [-0.39, 0.29) is 18.8 Å². The van der Waals surface area contributed by atoms with E-state index in [9.17, 15) is 15.3 Å². The summed E-state index contributed by atoms with van der Waals surface area (Å²) >= 11 is 0. The molecule has 1 aliphatic carbocycles. The highest BCUT2D eigenvalue weighted by Gasteiger charge is 2.58. The fourth-order valence-corrected chi connectivity index (χ4v) is 2.93. The first-order valence-electron chi connectivity index (χ1n) is 6.19. The van der Waals surface area contributed by atoms with E-state index < -0.39 is 24.4 Å². The van der Waals surface area contributed by atoms with Crippen molar-refractivity contribution in [2.75, 3.05) is 6.61 Å². The van der Waals surface area contributed by atoms with Gasteiger partial charge in [-0.25, -0.2) is 0 Å². The Labute approximate surface area is 99.7 Å². The van der Waals surface area contributed by atoms with Gasteiger partial charge in [0.25, 0.3) is 0 Å². The standard InChI is InChI=1S/C12H18O5/c1-2-3-6(13)10-7-5(4-16-10)8(14)11-12(17-11)9(7)15/h6,8-15H,2-4H2,1H3/t6-,8-,9-,10-,11+,12-/m0/s1. The van der Waals surface area contributed by atoms with Gasteiger partial charge >= 0.3 is 0 Å². The summed E-state index contributed by atoms with van der Waals surface area (Å²) in [4.78, 5) is 0. The number of ether oxygens (including phenoxy) is 2. The summed E-state index contributed by atoms with van der Waals surface area (Å²) < 4.78 is 10.8. The minimum atomic E-state index is -0.739. The molecule has 0 unspecified atom stereocenters. The molecular formula is C12H18O5. The van der Waals surface area contributed by atoms with E-state index in [4.69, 9.17) is 9.47 Å². The van der Waals surface area contributed by atoms with Crippen molar-refractivity contribution in [1.29, 1.82) is 0 Å². The summed E-state index contributed by atoms with van der Waals surface area (Å²) in [5.74, 6) is 0. The zero-order valence-electron chi connectivity index (χ0n) is 9.74. The van der Waals surface area contributed by atoms with Crippen LogP contribution in [0, 0.1) is 0 Å². The highest BCUT2D eigenvalue weighted by Crippen LogP contribution is 2.45. The van der Waals surface area contributed by atoms with Crippen molar-refractivity contribution >= 4 is 0 Å². The number of hydrogen-bond acceptors (Lipinski definition) is 5. The molecule has 3 N–H and O–H groups in total. The predicted octanol–water partition coefficient (Wildman–Crippen LogP) is -0.654. The predicted molar refractivity (Wildman–Crippen MR) is 58.4 cm³/mol. The molecular weight excluding hydrogens is 224 g/mol. The van der Waals surface area contributed by atoms with Gasteiger partial charge in [0, 0.05) is 0 Å². The molecule has 0 amide bonds. The first kappa shape index (κ1) is 11.6. The van der Waals surface area contributed by atoms with Crippen LogP contribution in [0.3, 0.4) is 0 Å². The molecule has 2 aliphatic heterocycles. The maximum Gasteiger partial charge on any atom is 0.117 e. The van der Waals surface area contributed by atoms with Crippen LogP contribution in [0.25, 0.3) is 0 Å². The summed E-state index contributed by atoms with van der Waals surface area (Å²) in [5.41, 5.74) is 1.36. The Kier molecular flexibility index (Phi) is 2.76. The molecule has 0 bridgehead atoms. The zero-order chi connectivity index (χ0) is 12.2. The molecule has 0 radical (unpaired) electrons. The van der Waals surface area contributed by atoms with Crippen LogP contribution in [0.15, 0.2) is 11.1 Å². The lowest BCUT2D eigenvalue weighted by Gasteiger charge is -2.26. The van der Waals surface area contributed by atoms with Gasteiger partial charge in [-0.3, -0.25) is 0 Å². The number of aliphatic hydroxyl groups is 3. The number of rotatable bonds is 3. The Hall–Kier alpha value is -0.460. The molecule has 0 aromatic carbocycles. The third-order valence-electron chi connectivity index (χ3n) is 3.89. The summed E-state index contributed by atoms with van der Waals surface area (Å²) in [6.45, 7) is 2.27. The highest BCUT2D eigenvalue weighted by atomic mass is 16.6. The Morgan fingerprint density at radius 1 is 1.29 bits per heavy atom. The van der Waals surface area contributed by atoms with Crippen LogP contribution in [-0.2, 0) is 9.47 Å². The maximum atomic E-state index is 10.1. The van der Waals surface area contributed by atoms with Gasteiger partial charge in [-0.1, -0.05) is 13.3 Å². The maximum absolute atomic E-state index is 10.1. The van der Waals surface area contributed by atoms with Gasteiger partial charge in [0.1, 0.15) is 30.5 Å². The summed E-state index contributed by atoms with van der Waals surface area (Å²) in [5, 5.41) is 30.1. The van der Waals surface area contributed by atoms with Crippen LogP contribution in [0.5, 0.6) is 0 Å². The van der Waals surface area contributed by atoms with E-state index >= 15 is 0 Å².